The summed E-state index contributed by atoms with van der Waals surface area (Å²) in [7, 11) is 0. The summed E-state index contributed by atoms with van der Waals surface area (Å²) in [6.07, 6.45) is 0. The van der Waals surface area contributed by atoms with Crippen LogP contribution in [0.3, 0.4) is 0 Å². The third kappa shape index (κ3) is 2.76. The van der Waals surface area contributed by atoms with Gasteiger partial charge in [-0.2, -0.15) is 5.26 Å². The molecule has 0 saturated heterocycles. The molecule has 2 nitrogen and oxygen atoms in total. The standard InChI is InChI=1S/C11H13NOS/c1-8(2)14-11-4-3-9(7-13)5-10(11)6-12/h3-5,8,13H,7H2,1-2H3. The van der Waals surface area contributed by atoms with Crippen molar-refractivity contribution in [3.63, 3.8) is 0 Å². The molecule has 14 heavy (non-hydrogen) atoms. The molecule has 1 N–H and O–H groups in total. The summed E-state index contributed by atoms with van der Waals surface area (Å²) in [5, 5.41) is 18.3. The van der Waals surface area contributed by atoms with E-state index < -0.39 is 0 Å². The minimum atomic E-state index is -0.0126. The molecule has 1 aromatic rings. The minimum absolute atomic E-state index is 0.0126. The fourth-order valence-corrected chi connectivity index (χ4v) is 2.01. The van der Waals surface area contributed by atoms with Crippen molar-refractivity contribution in [2.75, 3.05) is 0 Å². The van der Waals surface area contributed by atoms with Gasteiger partial charge < -0.3 is 5.11 Å². The second kappa shape index (κ2) is 5.04. The van der Waals surface area contributed by atoms with E-state index in [0.29, 0.717) is 10.8 Å². The van der Waals surface area contributed by atoms with Crippen molar-refractivity contribution < 1.29 is 5.11 Å². The first-order valence-electron chi connectivity index (χ1n) is 4.48. The Morgan fingerprint density at radius 1 is 1.50 bits per heavy atom. The van der Waals surface area contributed by atoms with Gasteiger partial charge in [0.25, 0.3) is 0 Å². The summed E-state index contributed by atoms with van der Waals surface area (Å²) in [5.74, 6) is 0. The van der Waals surface area contributed by atoms with E-state index in [-0.39, 0.29) is 6.61 Å². The highest BCUT2D eigenvalue weighted by Crippen LogP contribution is 2.26. The SMILES string of the molecule is CC(C)Sc1ccc(CO)cc1C#N. The van der Waals surface area contributed by atoms with Crippen molar-refractivity contribution in [1.29, 1.82) is 5.26 Å². The summed E-state index contributed by atoms with van der Waals surface area (Å²) in [6, 6.07) is 7.63. The van der Waals surface area contributed by atoms with E-state index in [9.17, 15) is 0 Å². The molecule has 0 aliphatic heterocycles. The molecule has 0 fully saturated rings. The highest BCUT2D eigenvalue weighted by atomic mass is 32.2. The molecular formula is C11H13NOS. The maximum absolute atomic E-state index is 8.91. The van der Waals surface area contributed by atoms with E-state index in [0.717, 1.165) is 10.5 Å². The van der Waals surface area contributed by atoms with Gasteiger partial charge in [0.15, 0.2) is 0 Å². The maximum atomic E-state index is 8.91. The van der Waals surface area contributed by atoms with Crippen LogP contribution in [0.5, 0.6) is 0 Å². The smallest absolute Gasteiger partial charge is 0.100 e. The second-order valence-electron chi connectivity index (χ2n) is 3.27. The summed E-state index contributed by atoms with van der Waals surface area (Å²) >= 11 is 1.66. The van der Waals surface area contributed by atoms with Gasteiger partial charge in [0, 0.05) is 10.1 Å². The number of hydrogen-bond donors (Lipinski definition) is 1. The van der Waals surface area contributed by atoms with Gasteiger partial charge in [-0.25, -0.2) is 0 Å². The number of benzene rings is 1. The fourth-order valence-electron chi connectivity index (χ4n) is 1.12. The summed E-state index contributed by atoms with van der Waals surface area (Å²) < 4.78 is 0. The molecule has 0 heterocycles. The van der Waals surface area contributed by atoms with Crippen molar-refractivity contribution in [3.8, 4) is 6.07 Å². The zero-order valence-corrected chi connectivity index (χ0v) is 9.14. The number of aliphatic hydroxyl groups excluding tert-OH is 1. The molecule has 0 aliphatic carbocycles. The van der Waals surface area contributed by atoms with Crippen LogP contribution in [-0.4, -0.2) is 10.4 Å². The summed E-state index contributed by atoms with van der Waals surface area (Å²) in [5.41, 5.74) is 1.44. The van der Waals surface area contributed by atoms with Gasteiger partial charge in [-0.05, 0) is 17.7 Å². The van der Waals surface area contributed by atoms with Crippen molar-refractivity contribution in [2.45, 2.75) is 30.6 Å². The number of thioether (sulfide) groups is 1. The molecule has 0 aliphatic rings. The van der Waals surface area contributed by atoms with Crippen LogP contribution in [0.1, 0.15) is 25.0 Å². The number of rotatable bonds is 3. The molecule has 0 saturated carbocycles. The van der Waals surface area contributed by atoms with Gasteiger partial charge in [-0.3, -0.25) is 0 Å². The number of nitrogens with zero attached hydrogens (tertiary/aromatic N) is 1. The fraction of sp³-hybridized carbons (Fsp3) is 0.364. The number of hydrogen-bond acceptors (Lipinski definition) is 3. The molecule has 0 atom stereocenters. The van der Waals surface area contributed by atoms with Crippen molar-refractivity contribution in [3.05, 3.63) is 29.3 Å². The average Bonchev–Trinajstić information content (AvgIpc) is 2.17. The molecular weight excluding hydrogens is 194 g/mol. The molecule has 3 heteroatoms. The summed E-state index contributed by atoms with van der Waals surface area (Å²) in [6.45, 7) is 4.17. The normalized spacial score (nSPS) is 10.2. The third-order valence-electron chi connectivity index (χ3n) is 1.71. The predicted molar refractivity (Wildman–Crippen MR) is 58.1 cm³/mol. The van der Waals surface area contributed by atoms with E-state index in [1.807, 2.05) is 12.1 Å². The van der Waals surface area contributed by atoms with Gasteiger partial charge in [0.2, 0.25) is 0 Å². The van der Waals surface area contributed by atoms with Crippen molar-refractivity contribution >= 4 is 11.8 Å². The van der Waals surface area contributed by atoms with Crippen LogP contribution in [0.15, 0.2) is 23.1 Å². The van der Waals surface area contributed by atoms with E-state index >= 15 is 0 Å². The quantitative estimate of drug-likeness (QED) is 0.775. The van der Waals surface area contributed by atoms with Crippen LogP contribution in [0.2, 0.25) is 0 Å². The van der Waals surface area contributed by atoms with Crippen LogP contribution in [0.25, 0.3) is 0 Å². The molecule has 0 bridgehead atoms. The number of nitriles is 1. The van der Waals surface area contributed by atoms with Gasteiger partial charge in [0.05, 0.1) is 12.2 Å². The molecule has 0 amide bonds. The van der Waals surface area contributed by atoms with Gasteiger partial charge in [-0.1, -0.05) is 19.9 Å². The Hall–Kier alpha value is -0.980. The monoisotopic (exact) mass is 207 g/mol. The van der Waals surface area contributed by atoms with Crippen LogP contribution in [-0.2, 0) is 6.61 Å². The van der Waals surface area contributed by atoms with Gasteiger partial charge in [-0.15, -0.1) is 11.8 Å². The minimum Gasteiger partial charge on any atom is -0.392 e. The molecule has 0 aromatic heterocycles. The van der Waals surface area contributed by atoms with E-state index in [4.69, 9.17) is 10.4 Å². The first kappa shape index (κ1) is 11.1. The largest absolute Gasteiger partial charge is 0.392 e. The molecule has 0 unspecified atom stereocenters. The van der Waals surface area contributed by atoms with Crippen molar-refractivity contribution in [1.82, 2.24) is 0 Å². The van der Waals surface area contributed by atoms with E-state index in [1.54, 1.807) is 17.8 Å². The Labute approximate surface area is 88.6 Å². The molecule has 1 rings (SSSR count). The van der Waals surface area contributed by atoms with Gasteiger partial charge in [0.1, 0.15) is 6.07 Å². The lowest BCUT2D eigenvalue weighted by atomic mass is 10.1. The molecule has 0 radical (unpaired) electrons. The second-order valence-corrected chi connectivity index (χ2v) is 4.89. The highest BCUT2D eigenvalue weighted by molar-refractivity contribution is 8.00. The van der Waals surface area contributed by atoms with Crippen LogP contribution in [0, 0.1) is 11.3 Å². The molecule has 1 aromatic carbocycles. The lowest BCUT2D eigenvalue weighted by Gasteiger charge is -2.07. The lowest BCUT2D eigenvalue weighted by Crippen LogP contribution is -1.91. The Kier molecular flexibility index (Phi) is 3.99. The Bertz CT molecular complexity index is 355. The van der Waals surface area contributed by atoms with Crippen molar-refractivity contribution in [2.24, 2.45) is 0 Å². The van der Waals surface area contributed by atoms with Gasteiger partial charge >= 0.3 is 0 Å². The van der Waals surface area contributed by atoms with Crippen LogP contribution in [0.4, 0.5) is 0 Å². The topological polar surface area (TPSA) is 44.0 Å². The zero-order chi connectivity index (χ0) is 10.6. The van der Waals surface area contributed by atoms with Crippen LogP contribution < -0.4 is 0 Å². The Balaban J connectivity index is 3.01. The van der Waals surface area contributed by atoms with E-state index in [2.05, 4.69) is 19.9 Å². The van der Waals surface area contributed by atoms with E-state index in [1.165, 1.54) is 0 Å². The maximum Gasteiger partial charge on any atom is 0.100 e. The summed E-state index contributed by atoms with van der Waals surface area (Å²) in [4.78, 5) is 0.986. The first-order chi connectivity index (χ1) is 6.67. The molecule has 0 spiro atoms. The number of aliphatic hydroxyl groups is 1. The Morgan fingerprint density at radius 2 is 2.21 bits per heavy atom. The predicted octanol–water partition coefficient (Wildman–Crippen LogP) is 2.55. The zero-order valence-electron chi connectivity index (χ0n) is 8.32. The molecule has 74 valence electrons. The highest BCUT2D eigenvalue weighted by Gasteiger charge is 2.05. The lowest BCUT2D eigenvalue weighted by molar-refractivity contribution is 0.281. The first-order valence-corrected chi connectivity index (χ1v) is 5.36. The average molecular weight is 207 g/mol. The third-order valence-corrected chi connectivity index (χ3v) is 2.79. The van der Waals surface area contributed by atoms with Crippen LogP contribution >= 0.6 is 11.8 Å². The Morgan fingerprint density at radius 3 is 2.71 bits per heavy atom.